The van der Waals surface area contributed by atoms with E-state index >= 15 is 0 Å². The van der Waals surface area contributed by atoms with Crippen LogP contribution >= 0.6 is 12.6 Å². The molecule has 0 radical (unpaired) electrons. The standard InChI is InChI=1S/C23H28N4O2.C5H5F.C2H6S.C2H6/c1-29-21-12-6-5-11-20(21)17-24-23(28)14-8-7-13-22-26-25-18-27(22)16-15-19-9-3-2-4-10-19;6-5-3-1-2-4-5;1-2-3;1-2/h2-6,9-12,18H,7-8,13-17H2,1H3,(H,24,28);1,3-4H,2H2;3H,2H2,1H3;1-2H3. The van der Waals surface area contributed by atoms with E-state index < -0.39 is 0 Å². The van der Waals surface area contributed by atoms with Gasteiger partial charge in [-0.25, -0.2) is 4.39 Å². The predicted molar refractivity (Wildman–Crippen MR) is 166 cm³/mol. The third-order valence-electron chi connectivity index (χ3n) is 5.63. The Labute approximate surface area is 245 Å². The number of rotatable bonds is 11. The van der Waals surface area contributed by atoms with Crippen molar-refractivity contribution in [2.24, 2.45) is 0 Å². The Morgan fingerprint density at radius 2 is 1.77 bits per heavy atom. The van der Waals surface area contributed by atoms with Crippen LogP contribution in [0.15, 0.2) is 85.0 Å². The summed E-state index contributed by atoms with van der Waals surface area (Å²) in [6, 6.07) is 18.1. The summed E-state index contributed by atoms with van der Waals surface area (Å²) in [5, 5.41) is 11.3. The molecule has 6 nitrogen and oxygen atoms in total. The van der Waals surface area contributed by atoms with Gasteiger partial charge in [-0.3, -0.25) is 4.79 Å². The van der Waals surface area contributed by atoms with Crippen molar-refractivity contribution in [2.75, 3.05) is 12.9 Å². The largest absolute Gasteiger partial charge is 0.496 e. The topological polar surface area (TPSA) is 69.0 Å². The number of thiol groups is 1. The molecular formula is C32H45FN4O2S. The van der Waals surface area contributed by atoms with Gasteiger partial charge in [-0.15, -0.1) is 10.2 Å². The van der Waals surface area contributed by atoms with Crippen molar-refractivity contribution in [2.45, 2.75) is 72.4 Å². The van der Waals surface area contributed by atoms with Crippen LogP contribution in [0.1, 0.15) is 63.4 Å². The number of halogens is 1. The molecule has 3 aromatic rings. The molecule has 0 unspecified atom stereocenters. The number of carbonyl (C=O) groups excluding carboxylic acids is 1. The van der Waals surface area contributed by atoms with Crippen LogP contribution in [-0.4, -0.2) is 33.5 Å². The van der Waals surface area contributed by atoms with Gasteiger partial charge in [-0.1, -0.05) is 75.4 Å². The second-order valence-electron chi connectivity index (χ2n) is 8.52. The fourth-order valence-corrected chi connectivity index (χ4v) is 3.68. The first-order valence-corrected chi connectivity index (χ1v) is 14.6. The number of allylic oxidation sites excluding steroid dienone is 4. The molecule has 218 valence electrons. The van der Waals surface area contributed by atoms with Crippen molar-refractivity contribution in [1.82, 2.24) is 20.1 Å². The lowest BCUT2D eigenvalue weighted by Crippen LogP contribution is -2.22. The lowest BCUT2D eigenvalue weighted by Gasteiger charge is -2.09. The summed E-state index contributed by atoms with van der Waals surface area (Å²) in [6.07, 6.45) is 11.4. The smallest absolute Gasteiger partial charge is 0.220 e. The maximum Gasteiger partial charge on any atom is 0.220 e. The number of aryl methyl sites for hydroxylation is 3. The van der Waals surface area contributed by atoms with E-state index in [2.05, 4.69) is 57.0 Å². The van der Waals surface area contributed by atoms with E-state index in [0.717, 1.165) is 61.5 Å². The first-order chi connectivity index (χ1) is 19.6. The second kappa shape index (κ2) is 22.4. The highest BCUT2D eigenvalue weighted by molar-refractivity contribution is 7.80. The van der Waals surface area contributed by atoms with Crippen LogP contribution in [0.5, 0.6) is 5.75 Å². The van der Waals surface area contributed by atoms with E-state index in [1.807, 2.05) is 51.1 Å². The highest BCUT2D eigenvalue weighted by atomic mass is 32.1. The summed E-state index contributed by atoms with van der Waals surface area (Å²) in [4.78, 5) is 12.1. The highest BCUT2D eigenvalue weighted by Crippen LogP contribution is 2.16. The first-order valence-electron chi connectivity index (χ1n) is 14.0. The normalized spacial score (nSPS) is 11.1. The van der Waals surface area contributed by atoms with E-state index in [1.165, 1.54) is 11.6 Å². The van der Waals surface area contributed by atoms with E-state index in [1.54, 1.807) is 25.6 Å². The summed E-state index contributed by atoms with van der Waals surface area (Å²) in [5.41, 5.74) is 2.29. The van der Waals surface area contributed by atoms with Crippen molar-refractivity contribution in [1.29, 1.82) is 0 Å². The average molecular weight is 569 g/mol. The summed E-state index contributed by atoms with van der Waals surface area (Å²) in [7, 11) is 1.64. The fraction of sp³-hybridized carbons (Fsp3) is 0.406. The number of methoxy groups -OCH3 is 1. The zero-order valence-electron chi connectivity index (χ0n) is 24.4. The zero-order chi connectivity index (χ0) is 29.4. The van der Waals surface area contributed by atoms with Crippen molar-refractivity contribution in [3.8, 4) is 5.75 Å². The summed E-state index contributed by atoms with van der Waals surface area (Å²) in [6.45, 7) is 7.34. The molecule has 0 atom stereocenters. The molecule has 0 spiro atoms. The molecule has 40 heavy (non-hydrogen) atoms. The highest BCUT2D eigenvalue weighted by Gasteiger charge is 2.07. The lowest BCUT2D eigenvalue weighted by molar-refractivity contribution is -0.121. The molecule has 1 heterocycles. The SMILES string of the molecule is CC.CCS.COc1ccccc1CNC(=O)CCCCc1nncn1CCc1ccccc1.FC1=CCC=C1. The van der Waals surface area contributed by atoms with Crippen molar-refractivity contribution in [3.63, 3.8) is 0 Å². The maximum absolute atomic E-state index is 12.1. The lowest BCUT2D eigenvalue weighted by atomic mass is 10.1. The Morgan fingerprint density at radius 1 is 1.07 bits per heavy atom. The van der Waals surface area contributed by atoms with E-state index in [4.69, 9.17) is 4.74 Å². The van der Waals surface area contributed by atoms with Gasteiger partial charge in [0.15, 0.2) is 0 Å². The molecule has 1 amide bonds. The molecule has 1 aromatic heterocycles. The van der Waals surface area contributed by atoms with Crippen LogP contribution in [0, 0.1) is 0 Å². The minimum atomic E-state index is -0.102. The number of hydrogen-bond donors (Lipinski definition) is 2. The monoisotopic (exact) mass is 568 g/mol. The molecule has 1 aliphatic carbocycles. The van der Waals surface area contributed by atoms with E-state index in [9.17, 15) is 9.18 Å². The molecule has 0 fully saturated rings. The molecule has 0 aliphatic heterocycles. The third-order valence-corrected chi connectivity index (χ3v) is 5.63. The fourth-order valence-electron chi connectivity index (χ4n) is 3.68. The van der Waals surface area contributed by atoms with Gasteiger partial charge >= 0.3 is 0 Å². The van der Waals surface area contributed by atoms with Gasteiger partial charge in [0.25, 0.3) is 0 Å². The number of unbranched alkanes of at least 4 members (excludes halogenated alkanes) is 1. The summed E-state index contributed by atoms with van der Waals surface area (Å²) < 4.78 is 19.1. The quantitative estimate of drug-likeness (QED) is 0.188. The predicted octanol–water partition coefficient (Wildman–Crippen LogP) is 7.32. The average Bonchev–Trinajstić information content (AvgIpc) is 3.67. The number of nitrogens with zero attached hydrogens (tertiary/aromatic N) is 3. The van der Waals surface area contributed by atoms with Gasteiger partial charge in [0.1, 0.15) is 23.7 Å². The molecule has 1 aliphatic rings. The molecule has 0 saturated heterocycles. The summed E-state index contributed by atoms with van der Waals surface area (Å²) >= 11 is 3.79. The van der Waals surface area contributed by atoms with E-state index in [0.29, 0.717) is 13.0 Å². The van der Waals surface area contributed by atoms with Crippen molar-refractivity contribution < 1.29 is 13.9 Å². The number of nitrogens with one attached hydrogen (secondary N) is 1. The number of ether oxygens (including phenoxy) is 1. The minimum absolute atomic E-state index is 0.0569. The van der Waals surface area contributed by atoms with Gasteiger partial charge in [-0.05, 0) is 55.2 Å². The number of hydrogen-bond acceptors (Lipinski definition) is 5. The Hall–Kier alpha value is -3.39. The molecule has 1 N–H and O–H groups in total. The van der Waals surface area contributed by atoms with Gasteiger partial charge in [-0.2, -0.15) is 12.6 Å². The number of carbonyl (C=O) groups is 1. The van der Waals surface area contributed by atoms with E-state index in [-0.39, 0.29) is 11.7 Å². The van der Waals surface area contributed by atoms with Gasteiger partial charge in [0.2, 0.25) is 5.91 Å². The molecule has 8 heteroatoms. The number of para-hydroxylation sites is 1. The number of aromatic nitrogens is 3. The first kappa shape index (κ1) is 34.6. The van der Waals surface area contributed by atoms with Gasteiger partial charge in [0, 0.05) is 31.5 Å². The molecule has 0 bridgehead atoms. The van der Waals surface area contributed by atoms with Crippen LogP contribution in [0.25, 0.3) is 0 Å². The molecular weight excluding hydrogens is 523 g/mol. The molecule has 2 aromatic carbocycles. The van der Waals surface area contributed by atoms with Gasteiger partial charge in [0.05, 0.1) is 7.11 Å². The number of amides is 1. The molecule has 4 rings (SSSR count). The van der Waals surface area contributed by atoms with Gasteiger partial charge < -0.3 is 14.6 Å². The van der Waals surface area contributed by atoms with Crippen molar-refractivity contribution in [3.05, 3.63) is 102 Å². The zero-order valence-corrected chi connectivity index (χ0v) is 25.2. The molecule has 0 saturated carbocycles. The van der Waals surface area contributed by atoms with Crippen LogP contribution in [0.3, 0.4) is 0 Å². The Balaban J connectivity index is 0.000000615. The Bertz CT molecular complexity index is 1130. The van der Waals surface area contributed by atoms with Crippen LogP contribution in [0.4, 0.5) is 4.39 Å². The van der Waals surface area contributed by atoms with Crippen LogP contribution in [-0.2, 0) is 30.7 Å². The number of benzene rings is 2. The Morgan fingerprint density at radius 3 is 2.40 bits per heavy atom. The third kappa shape index (κ3) is 14.7. The second-order valence-corrected chi connectivity index (χ2v) is 9.15. The minimum Gasteiger partial charge on any atom is -0.496 e. The van der Waals surface area contributed by atoms with Crippen LogP contribution < -0.4 is 10.1 Å². The maximum atomic E-state index is 12.1. The van der Waals surface area contributed by atoms with Crippen LogP contribution in [0.2, 0.25) is 0 Å². The Kier molecular flexibility index (Phi) is 19.4. The summed E-state index contributed by atoms with van der Waals surface area (Å²) in [5.74, 6) is 2.68. The van der Waals surface area contributed by atoms with Crippen molar-refractivity contribution >= 4 is 18.5 Å².